The average Bonchev–Trinajstić information content (AvgIpc) is 3.05. The van der Waals surface area contributed by atoms with Gasteiger partial charge in [0, 0.05) is 30.6 Å². The Morgan fingerprint density at radius 2 is 1.71 bits per heavy atom. The van der Waals surface area contributed by atoms with Crippen LogP contribution in [0.2, 0.25) is 0 Å². The Hall–Kier alpha value is -2.26. The first-order valence-electron chi connectivity index (χ1n) is 9.17. The summed E-state index contributed by atoms with van der Waals surface area (Å²) in [6, 6.07) is 15.0. The maximum atomic E-state index is 12.1. The van der Waals surface area contributed by atoms with E-state index in [1.807, 2.05) is 48.5 Å². The van der Waals surface area contributed by atoms with Crippen LogP contribution < -0.4 is 20.7 Å². The minimum absolute atomic E-state index is 0.145. The van der Waals surface area contributed by atoms with Crippen molar-refractivity contribution in [2.45, 2.75) is 25.6 Å². The summed E-state index contributed by atoms with van der Waals surface area (Å²) >= 11 is 0. The van der Waals surface area contributed by atoms with Gasteiger partial charge in [-0.2, -0.15) is 10.6 Å². The van der Waals surface area contributed by atoms with E-state index in [4.69, 9.17) is 4.74 Å². The molecule has 28 heavy (non-hydrogen) atoms. The van der Waals surface area contributed by atoms with Gasteiger partial charge in [0.15, 0.2) is 0 Å². The van der Waals surface area contributed by atoms with Crippen molar-refractivity contribution in [3.63, 3.8) is 0 Å². The summed E-state index contributed by atoms with van der Waals surface area (Å²) in [4.78, 5) is 12.1. The van der Waals surface area contributed by atoms with Crippen molar-refractivity contribution in [2.24, 2.45) is 0 Å². The van der Waals surface area contributed by atoms with Crippen LogP contribution in [0.5, 0.6) is 5.75 Å². The van der Waals surface area contributed by atoms with E-state index in [0.717, 1.165) is 23.3 Å². The van der Waals surface area contributed by atoms with Crippen LogP contribution in [-0.2, 0) is 13.1 Å². The minimum atomic E-state index is -2.37. The van der Waals surface area contributed by atoms with Crippen LogP contribution in [0.3, 0.4) is 0 Å². The summed E-state index contributed by atoms with van der Waals surface area (Å²) in [5.74, 6) is 1.70. The second-order valence-electron chi connectivity index (χ2n) is 6.89. The molecular formula is C20H27N3O4S. The Morgan fingerprint density at radius 1 is 1.07 bits per heavy atom. The van der Waals surface area contributed by atoms with E-state index in [1.54, 1.807) is 7.11 Å². The Kier molecular flexibility index (Phi) is 6.79. The molecule has 0 radical (unpaired) electrons. The molecule has 1 aliphatic heterocycles. The third-order valence-electron chi connectivity index (χ3n) is 4.68. The van der Waals surface area contributed by atoms with E-state index < -0.39 is 10.6 Å². The summed E-state index contributed by atoms with van der Waals surface area (Å²) in [6.45, 7) is 1.09. The van der Waals surface area contributed by atoms with Crippen LogP contribution >= 0.6 is 10.6 Å². The van der Waals surface area contributed by atoms with Crippen molar-refractivity contribution in [1.82, 2.24) is 10.6 Å². The number of amides is 2. The summed E-state index contributed by atoms with van der Waals surface area (Å²) in [5, 5.41) is 8.99. The first-order valence-corrected chi connectivity index (χ1v) is 11.1. The molecule has 1 aliphatic rings. The number of urea groups is 1. The van der Waals surface area contributed by atoms with Gasteiger partial charge in [-0.3, -0.25) is 9.11 Å². The first-order chi connectivity index (χ1) is 13.4. The summed E-state index contributed by atoms with van der Waals surface area (Å²) in [7, 11) is -0.755. The van der Waals surface area contributed by atoms with Gasteiger partial charge >= 0.3 is 6.03 Å². The summed E-state index contributed by atoms with van der Waals surface area (Å²) in [6.07, 6.45) is 0.788. The molecule has 1 heterocycles. The zero-order valence-corrected chi connectivity index (χ0v) is 16.7. The number of hydrogen-bond donors (Lipinski definition) is 5. The maximum Gasteiger partial charge on any atom is 0.319 e. The SMILES string of the molecule is COc1ccc(CNC(=O)Nc2ccc(CNC3CCS(O)(O)C3)cc2)cc1. The number of carbonyl (C=O) groups excluding carboxylic acids is 1. The molecule has 8 heteroatoms. The van der Waals surface area contributed by atoms with Gasteiger partial charge in [-0.1, -0.05) is 24.3 Å². The highest BCUT2D eigenvalue weighted by molar-refractivity contribution is 8.24. The van der Waals surface area contributed by atoms with Gasteiger partial charge in [-0.05, 0) is 41.8 Å². The molecule has 2 amide bonds. The van der Waals surface area contributed by atoms with E-state index in [2.05, 4.69) is 16.0 Å². The van der Waals surface area contributed by atoms with Crippen LogP contribution in [0.15, 0.2) is 48.5 Å². The number of carbonyl (C=O) groups is 1. The second-order valence-corrected chi connectivity index (χ2v) is 9.24. The molecule has 3 rings (SSSR count). The Labute approximate surface area is 166 Å². The Balaban J connectivity index is 1.41. The minimum Gasteiger partial charge on any atom is -0.497 e. The van der Waals surface area contributed by atoms with Crippen molar-refractivity contribution in [1.29, 1.82) is 0 Å². The monoisotopic (exact) mass is 405 g/mol. The molecule has 1 fully saturated rings. The fourth-order valence-electron chi connectivity index (χ4n) is 3.05. The van der Waals surface area contributed by atoms with Crippen LogP contribution in [0.4, 0.5) is 10.5 Å². The molecular weight excluding hydrogens is 378 g/mol. The Morgan fingerprint density at radius 3 is 2.32 bits per heavy atom. The number of benzene rings is 2. The Bertz CT molecular complexity index is 781. The van der Waals surface area contributed by atoms with E-state index in [1.165, 1.54) is 0 Å². The lowest BCUT2D eigenvalue weighted by Gasteiger charge is -2.26. The van der Waals surface area contributed by atoms with Crippen LogP contribution in [0.1, 0.15) is 17.5 Å². The van der Waals surface area contributed by atoms with Crippen molar-refractivity contribution in [2.75, 3.05) is 23.9 Å². The lowest BCUT2D eigenvalue weighted by atomic mass is 10.2. The van der Waals surface area contributed by atoms with Gasteiger partial charge in [-0.25, -0.2) is 4.79 Å². The van der Waals surface area contributed by atoms with Gasteiger partial charge < -0.3 is 20.7 Å². The molecule has 0 saturated carbocycles. The number of ether oxygens (including phenoxy) is 1. The number of methoxy groups -OCH3 is 1. The third-order valence-corrected chi connectivity index (χ3v) is 6.51. The molecule has 5 N–H and O–H groups in total. The van der Waals surface area contributed by atoms with E-state index in [9.17, 15) is 13.9 Å². The molecule has 0 spiro atoms. The zero-order valence-electron chi connectivity index (χ0n) is 15.9. The van der Waals surface area contributed by atoms with Crippen LogP contribution in [0.25, 0.3) is 0 Å². The highest BCUT2D eigenvalue weighted by Gasteiger charge is 2.27. The number of rotatable bonds is 7. The van der Waals surface area contributed by atoms with Gasteiger partial charge in [0.1, 0.15) is 5.75 Å². The van der Waals surface area contributed by atoms with Crippen molar-refractivity contribution in [3.05, 3.63) is 59.7 Å². The third kappa shape index (κ3) is 6.13. The molecule has 2 aromatic rings. The summed E-state index contributed by atoms with van der Waals surface area (Å²) in [5.41, 5.74) is 2.78. The predicted molar refractivity (Wildman–Crippen MR) is 113 cm³/mol. The van der Waals surface area contributed by atoms with Gasteiger partial charge in [-0.15, -0.1) is 0 Å². The molecule has 1 saturated heterocycles. The van der Waals surface area contributed by atoms with E-state index in [0.29, 0.717) is 30.3 Å². The second kappa shape index (κ2) is 9.29. The quantitative estimate of drug-likeness (QED) is 0.484. The molecule has 7 nitrogen and oxygen atoms in total. The molecule has 152 valence electrons. The van der Waals surface area contributed by atoms with Crippen LogP contribution in [-0.4, -0.2) is 39.8 Å². The standard InChI is InChI=1S/C20H27N3O4S/c1-27-19-8-4-16(5-9-19)13-22-20(24)23-17-6-2-15(3-7-17)12-21-18-10-11-28(25,26)14-18/h2-9,18,21,25-26H,10-14H2,1H3,(H2,22,23,24). The molecule has 0 aromatic heterocycles. The fraction of sp³-hybridized carbons (Fsp3) is 0.350. The predicted octanol–water partition coefficient (Wildman–Crippen LogP) is 3.63. The van der Waals surface area contributed by atoms with Crippen molar-refractivity contribution >= 4 is 22.3 Å². The molecule has 1 unspecified atom stereocenters. The highest BCUT2D eigenvalue weighted by atomic mass is 32.3. The topological polar surface area (TPSA) is 103 Å². The van der Waals surface area contributed by atoms with Gasteiger partial charge in [0.05, 0.1) is 12.9 Å². The molecule has 2 aromatic carbocycles. The lowest BCUT2D eigenvalue weighted by molar-refractivity contribution is 0.251. The molecule has 0 aliphatic carbocycles. The number of nitrogens with one attached hydrogen (secondary N) is 3. The fourth-order valence-corrected chi connectivity index (χ4v) is 4.81. The normalized spacial score (nSPS) is 19.0. The van der Waals surface area contributed by atoms with E-state index in [-0.39, 0.29) is 12.1 Å². The molecule has 0 bridgehead atoms. The summed E-state index contributed by atoms with van der Waals surface area (Å²) < 4.78 is 24.5. The van der Waals surface area contributed by atoms with Crippen molar-refractivity contribution in [3.8, 4) is 5.75 Å². The van der Waals surface area contributed by atoms with Gasteiger partial charge in [0.25, 0.3) is 0 Å². The number of hydrogen-bond acceptors (Lipinski definition) is 5. The number of anilines is 1. The van der Waals surface area contributed by atoms with Crippen LogP contribution in [0, 0.1) is 0 Å². The van der Waals surface area contributed by atoms with Crippen molar-refractivity contribution < 1.29 is 18.6 Å². The van der Waals surface area contributed by atoms with Gasteiger partial charge in [0.2, 0.25) is 0 Å². The smallest absolute Gasteiger partial charge is 0.319 e. The highest BCUT2D eigenvalue weighted by Crippen LogP contribution is 2.45. The lowest BCUT2D eigenvalue weighted by Crippen LogP contribution is -2.29. The maximum absolute atomic E-state index is 12.1. The first kappa shape index (κ1) is 20.5. The average molecular weight is 406 g/mol. The zero-order chi connectivity index (χ0) is 20.0. The molecule has 1 atom stereocenters. The largest absolute Gasteiger partial charge is 0.497 e. The van der Waals surface area contributed by atoms with E-state index >= 15 is 0 Å².